The maximum Gasteiger partial charge on any atom is 0.315 e. The van der Waals surface area contributed by atoms with Crippen LogP contribution in [0.1, 0.15) is 77.3 Å². The van der Waals surface area contributed by atoms with E-state index in [0.717, 1.165) is 76.1 Å². The average molecular weight is 507 g/mol. The predicted molar refractivity (Wildman–Crippen MR) is 150 cm³/mol. The van der Waals surface area contributed by atoms with Gasteiger partial charge in [-0.3, -0.25) is 0 Å². The molecule has 0 spiro atoms. The standard InChI is InChI=1S/C32H46N2O3/c1-5-7-17-36-25-13-9-23(10-14-25)19-29-27-21-32(3,4)22-28(27)30(34-31(35)33-29)20-24-11-15-26(16-12-24)37-18-8-6-2/h9-16,27-30H,5-8,17-22H2,1-4H3,(H2,33,34,35)/t27-,28-,29-,30-/m1/s1. The van der Waals surface area contributed by atoms with Crippen molar-refractivity contribution in [2.24, 2.45) is 17.3 Å². The first-order valence-electron chi connectivity index (χ1n) is 14.4. The summed E-state index contributed by atoms with van der Waals surface area (Å²) in [7, 11) is 0. The number of hydrogen-bond acceptors (Lipinski definition) is 3. The number of hydrogen-bond donors (Lipinski definition) is 2. The summed E-state index contributed by atoms with van der Waals surface area (Å²) in [4.78, 5) is 13.0. The smallest absolute Gasteiger partial charge is 0.315 e. The summed E-state index contributed by atoms with van der Waals surface area (Å²) in [5.41, 5.74) is 2.76. The number of nitrogens with one attached hydrogen (secondary N) is 2. The lowest BCUT2D eigenvalue weighted by Crippen LogP contribution is -2.45. The minimum atomic E-state index is -0.0405. The average Bonchev–Trinajstić information content (AvgIpc) is 3.15. The van der Waals surface area contributed by atoms with E-state index >= 15 is 0 Å². The number of carbonyl (C=O) groups is 1. The van der Waals surface area contributed by atoms with Crippen molar-refractivity contribution >= 4 is 6.03 Å². The van der Waals surface area contributed by atoms with Gasteiger partial charge >= 0.3 is 6.03 Å². The molecule has 0 aromatic heterocycles. The summed E-state index contributed by atoms with van der Waals surface area (Å²) >= 11 is 0. The van der Waals surface area contributed by atoms with Crippen LogP contribution in [-0.4, -0.2) is 31.3 Å². The van der Waals surface area contributed by atoms with Gasteiger partial charge in [0.1, 0.15) is 11.5 Å². The van der Waals surface area contributed by atoms with E-state index in [1.54, 1.807) is 0 Å². The normalized spacial score (nSPS) is 24.5. The molecule has 2 aromatic rings. The van der Waals surface area contributed by atoms with Gasteiger partial charge in [0.15, 0.2) is 0 Å². The van der Waals surface area contributed by atoms with E-state index < -0.39 is 0 Å². The molecule has 0 radical (unpaired) electrons. The Bertz CT molecular complexity index is 909. The fraction of sp³-hybridized carbons (Fsp3) is 0.594. The van der Waals surface area contributed by atoms with Crippen molar-refractivity contribution in [1.29, 1.82) is 0 Å². The van der Waals surface area contributed by atoms with Gasteiger partial charge in [-0.1, -0.05) is 64.8 Å². The predicted octanol–water partition coefficient (Wildman–Crippen LogP) is 6.93. The van der Waals surface area contributed by atoms with Crippen molar-refractivity contribution in [2.75, 3.05) is 13.2 Å². The van der Waals surface area contributed by atoms with E-state index in [9.17, 15) is 4.79 Å². The van der Waals surface area contributed by atoms with Gasteiger partial charge in [-0.25, -0.2) is 4.79 Å². The van der Waals surface area contributed by atoms with Crippen LogP contribution in [0.4, 0.5) is 4.79 Å². The number of unbranched alkanes of at least 4 members (excludes halogenated alkanes) is 2. The van der Waals surface area contributed by atoms with Crippen molar-refractivity contribution < 1.29 is 14.3 Å². The van der Waals surface area contributed by atoms with Crippen LogP contribution in [0.2, 0.25) is 0 Å². The second-order valence-electron chi connectivity index (χ2n) is 11.8. The SMILES string of the molecule is CCCCOc1ccc(C[C@H]2NC(=O)N[C@H](Cc3ccc(OCCCC)cc3)[C@@H]3CC(C)(C)C[C@H]32)cc1. The lowest BCUT2D eigenvalue weighted by Gasteiger charge is -2.29. The van der Waals surface area contributed by atoms with Gasteiger partial charge in [0.05, 0.1) is 13.2 Å². The maximum atomic E-state index is 13.0. The molecule has 1 saturated carbocycles. The first-order chi connectivity index (χ1) is 17.9. The van der Waals surface area contributed by atoms with Crippen LogP contribution < -0.4 is 20.1 Å². The lowest BCUT2D eigenvalue weighted by molar-refractivity contribution is 0.232. The third kappa shape index (κ3) is 7.66. The van der Waals surface area contributed by atoms with E-state index in [-0.39, 0.29) is 23.5 Å². The van der Waals surface area contributed by atoms with Crippen LogP contribution in [0, 0.1) is 17.3 Å². The highest BCUT2D eigenvalue weighted by molar-refractivity contribution is 5.75. The van der Waals surface area contributed by atoms with E-state index in [1.165, 1.54) is 11.1 Å². The minimum Gasteiger partial charge on any atom is -0.494 e. The number of ether oxygens (including phenoxy) is 2. The van der Waals surface area contributed by atoms with Gasteiger partial charge in [0.2, 0.25) is 0 Å². The van der Waals surface area contributed by atoms with E-state index in [2.05, 4.69) is 86.9 Å². The zero-order valence-corrected chi connectivity index (χ0v) is 23.2. The van der Waals surface area contributed by atoms with Crippen molar-refractivity contribution in [1.82, 2.24) is 10.6 Å². The number of carbonyl (C=O) groups excluding carboxylic acids is 1. The second kappa shape index (κ2) is 12.7. The highest BCUT2D eigenvalue weighted by atomic mass is 16.5. The molecule has 2 fully saturated rings. The molecule has 2 amide bonds. The fourth-order valence-electron chi connectivity index (χ4n) is 6.16. The molecule has 4 rings (SSSR count). The Hall–Kier alpha value is -2.69. The molecule has 2 aromatic carbocycles. The van der Waals surface area contributed by atoms with Crippen molar-refractivity contribution in [3.8, 4) is 11.5 Å². The maximum absolute atomic E-state index is 13.0. The molecule has 4 atom stereocenters. The molecular formula is C32H46N2O3. The molecule has 1 aliphatic heterocycles. The van der Waals surface area contributed by atoms with Crippen molar-refractivity contribution in [3.05, 3.63) is 59.7 Å². The summed E-state index contributed by atoms with van der Waals surface area (Å²) in [6.45, 7) is 10.6. The lowest BCUT2D eigenvalue weighted by atomic mass is 9.80. The van der Waals surface area contributed by atoms with Gasteiger partial charge in [-0.15, -0.1) is 0 Å². The van der Waals surface area contributed by atoms with E-state index in [4.69, 9.17) is 9.47 Å². The summed E-state index contributed by atoms with van der Waals surface area (Å²) in [6, 6.07) is 17.1. The van der Waals surface area contributed by atoms with Gasteiger partial charge < -0.3 is 20.1 Å². The molecule has 0 unspecified atom stereocenters. The molecular weight excluding hydrogens is 460 g/mol. The van der Waals surface area contributed by atoms with E-state index in [0.29, 0.717) is 11.8 Å². The summed E-state index contributed by atoms with van der Waals surface area (Å²) in [6.07, 6.45) is 8.34. The van der Waals surface area contributed by atoms with Gasteiger partial charge in [-0.2, -0.15) is 0 Å². The minimum absolute atomic E-state index is 0.0405. The second-order valence-corrected chi connectivity index (χ2v) is 11.8. The third-order valence-electron chi connectivity index (χ3n) is 8.08. The van der Waals surface area contributed by atoms with Crippen molar-refractivity contribution in [2.45, 2.75) is 91.1 Å². The molecule has 2 N–H and O–H groups in total. The Kier molecular flexibility index (Phi) is 9.39. The first-order valence-corrected chi connectivity index (χ1v) is 14.4. The Morgan fingerprint density at radius 2 is 1.14 bits per heavy atom. The molecule has 37 heavy (non-hydrogen) atoms. The monoisotopic (exact) mass is 506 g/mol. The van der Waals surface area contributed by atoms with Gasteiger partial charge in [0, 0.05) is 12.1 Å². The number of amides is 2. The molecule has 5 nitrogen and oxygen atoms in total. The zero-order chi connectivity index (χ0) is 26.3. The van der Waals surface area contributed by atoms with Crippen LogP contribution in [0.3, 0.4) is 0 Å². The van der Waals surface area contributed by atoms with Crippen molar-refractivity contribution in [3.63, 3.8) is 0 Å². The van der Waals surface area contributed by atoms with Crippen LogP contribution in [0.25, 0.3) is 0 Å². The topological polar surface area (TPSA) is 59.6 Å². The van der Waals surface area contributed by atoms with E-state index in [1.807, 2.05) is 0 Å². The van der Waals surface area contributed by atoms with Crippen LogP contribution >= 0.6 is 0 Å². The van der Waals surface area contributed by atoms with Gasteiger partial charge in [0.25, 0.3) is 0 Å². The number of benzene rings is 2. The summed E-state index contributed by atoms with van der Waals surface area (Å²) in [5, 5.41) is 6.69. The number of fused-ring (bicyclic) bond motifs is 1. The van der Waals surface area contributed by atoms with Gasteiger partial charge in [-0.05, 0) is 91.2 Å². The molecule has 0 bridgehead atoms. The Balaban J connectivity index is 1.44. The molecule has 1 aliphatic carbocycles. The van der Waals surface area contributed by atoms with Crippen LogP contribution in [-0.2, 0) is 12.8 Å². The summed E-state index contributed by atoms with van der Waals surface area (Å²) in [5.74, 6) is 2.73. The first kappa shape index (κ1) is 27.3. The zero-order valence-electron chi connectivity index (χ0n) is 23.2. The molecule has 202 valence electrons. The Morgan fingerprint density at radius 1 is 0.730 bits per heavy atom. The fourth-order valence-corrected chi connectivity index (χ4v) is 6.16. The number of urea groups is 1. The quantitative estimate of drug-likeness (QED) is 0.307. The largest absolute Gasteiger partial charge is 0.494 e. The number of rotatable bonds is 12. The van der Waals surface area contributed by atoms with Crippen LogP contribution in [0.15, 0.2) is 48.5 Å². The molecule has 1 saturated heterocycles. The highest BCUT2D eigenvalue weighted by Gasteiger charge is 2.48. The summed E-state index contributed by atoms with van der Waals surface area (Å²) < 4.78 is 11.7. The van der Waals surface area contributed by atoms with Crippen LogP contribution in [0.5, 0.6) is 11.5 Å². The highest BCUT2D eigenvalue weighted by Crippen LogP contribution is 2.49. The molecule has 5 heteroatoms. The third-order valence-corrected chi connectivity index (χ3v) is 8.08. The Labute approximate surface area is 223 Å². The molecule has 1 heterocycles. The molecule has 2 aliphatic rings. The Morgan fingerprint density at radius 3 is 1.51 bits per heavy atom.